The molecule has 0 radical (unpaired) electrons. The van der Waals surface area contributed by atoms with Crippen molar-refractivity contribution in [3.8, 4) is 5.75 Å². The molecule has 1 fully saturated rings. The number of benzene rings is 1. The molecule has 23 heavy (non-hydrogen) atoms. The Morgan fingerprint density at radius 1 is 1.17 bits per heavy atom. The van der Waals surface area contributed by atoms with E-state index in [0.717, 1.165) is 44.1 Å². The highest BCUT2D eigenvalue weighted by molar-refractivity contribution is 5.34. The number of hydrogen-bond acceptors (Lipinski definition) is 4. The maximum absolute atomic E-state index is 5.90. The summed E-state index contributed by atoms with van der Waals surface area (Å²) in [5.74, 6) is 3.38. The fraction of sp³-hybridized carbons (Fsp3) is 0.556. The van der Waals surface area contributed by atoms with E-state index in [4.69, 9.17) is 4.74 Å². The zero-order valence-corrected chi connectivity index (χ0v) is 13.4. The lowest BCUT2D eigenvalue weighted by Crippen LogP contribution is -2.37. The van der Waals surface area contributed by atoms with Crippen molar-refractivity contribution in [1.82, 2.24) is 20.1 Å². The molecule has 0 aliphatic carbocycles. The summed E-state index contributed by atoms with van der Waals surface area (Å²) in [6.07, 6.45) is 6.25. The van der Waals surface area contributed by atoms with Crippen LogP contribution in [0, 0.1) is 5.92 Å². The number of H-pyrrole nitrogens is 1. The molecule has 0 bridgehead atoms. The summed E-state index contributed by atoms with van der Waals surface area (Å²) in [5, 5.41) is 7.00. The molecule has 5 nitrogen and oxygen atoms in total. The van der Waals surface area contributed by atoms with Gasteiger partial charge in [-0.05, 0) is 56.3 Å². The predicted molar refractivity (Wildman–Crippen MR) is 88.5 cm³/mol. The molecule has 2 aliphatic rings. The van der Waals surface area contributed by atoms with Gasteiger partial charge in [0.1, 0.15) is 17.9 Å². The lowest BCUT2D eigenvalue weighted by Gasteiger charge is -2.33. The van der Waals surface area contributed by atoms with Gasteiger partial charge in [0, 0.05) is 12.5 Å². The Morgan fingerprint density at radius 3 is 2.87 bits per heavy atom. The van der Waals surface area contributed by atoms with Gasteiger partial charge in [0.25, 0.3) is 0 Å². The molecule has 2 aliphatic heterocycles. The van der Waals surface area contributed by atoms with Crippen LogP contribution in [0.4, 0.5) is 0 Å². The van der Waals surface area contributed by atoms with E-state index < -0.39 is 0 Å². The van der Waals surface area contributed by atoms with Crippen molar-refractivity contribution >= 4 is 0 Å². The molecule has 122 valence electrons. The van der Waals surface area contributed by atoms with E-state index in [1.54, 1.807) is 6.33 Å². The fourth-order valence-electron chi connectivity index (χ4n) is 3.88. The maximum Gasteiger partial charge on any atom is 0.137 e. The Hall–Kier alpha value is -1.88. The molecule has 3 heterocycles. The molecule has 4 rings (SSSR count). The average molecular weight is 312 g/mol. The van der Waals surface area contributed by atoms with Crippen LogP contribution >= 0.6 is 0 Å². The van der Waals surface area contributed by atoms with Gasteiger partial charge in [0.2, 0.25) is 0 Å². The third-order valence-corrected chi connectivity index (χ3v) is 5.19. The van der Waals surface area contributed by atoms with E-state index >= 15 is 0 Å². The molecule has 0 unspecified atom stereocenters. The molecule has 0 amide bonds. The van der Waals surface area contributed by atoms with E-state index in [0.29, 0.717) is 11.8 Å². The number of aromatic amines is 1. The van der Waals surface area contributed by atoms with Gasteiger partial charge in [-0.3, -0.25) is 5.10 Å². The van der Waals surface area contributed by atoms with E-state index in [1.807, 2.05) is 0 Å². The molecule has 5 heteroatoms. The largest absolute Gasteiger partial charge is 0.493 e. The Balaban J connectivity index is 1.33. The second-order valence-electron chi connectivity index (χ2n) is 6.76. The Bertz CT molecular complexity index is 620. The summed E-state index contributed by atoms with van der Waals surface area (Å²) in [7, 11) is 0. The Morgan fingerprint density at radius 2 is 2.04 bits per heavy atom. The number of piperidine rings is 1. The van der Waals surface area contributed by atoms with Crippen molar-refractivity contribution in [2.24, 2.45) is 5.92 Å². The second kappa shape index (κ2) is 6.71. The van der Waals surface area contributed by atoms with Crippen molar-refractivity contribution < 1.29 is 4.74 Å². The van der Waals surface area contributed by atoms with Crippen LogP contribution < -0.4 is 4.74 Å². The summed E-state index contributed by atoms with van der Waals surface area (Å²) in [6.45, 7) is 4.34. The highest BCUT2D eigenvalue weighted by Gasteiger charge is 2.25. The monoisotopic (exact) mass is 312 g/mol. The van der Waals surface area contributed by atoms with Crippen molar-refractivity contribution in [2.45, 2.75) is 31.6 Å². The summed E-state index contributed by atoms with van der Waals surface area (Å²) in [5.41, 5.74) is 1.37. The average Bonchev–Trinajstić information content (AvgIpc) is 3.04. The summed E-state index contributed by atoms with van der Waals surface area (Å²) in [6, 6.07) is 8.49. The third-order valence-electron chi connectivity index (χ3n) is 5.19. The second-order valence-corrected chi connectivity index (χ2v) is 6.76. The van der Waals surface area contributed by atoms with Crippen LogP contribution in [0.3, 0.4) is 0 Å². The minimum Gasteiger partial charge on any atom is -0.493 e. The van der Waals surface area contributed by atoms with Gasteiger partial charge < -0.3 is 9.64 Å². The van der Waals surface area contributed by atoms with Crippen LogP contribution in [0.5, 0.6) is 5.75 Å². The van der Waals surface area contributed by atoms with Crippen LogP contribution in [0.2, 0.25) is 0 Å². The standard InChI is InChI=1S/C18H24N4O/c1-2-4-17-16(3-1)11-14(7-10-23-17)12-22-8-5-15(6-9-22)18-19-13-20-21-18/h1-4,13-15H,5-12H2,(H,19,20,21)/t14-/m1/s1. The first-order valence-corrected chi connectivity index (χ1v) is 8.67. The van der Waals surface area contributed by atoms with Crippen LogP contribution in [-0.4, -0.2) is 46.3 Å². The molecule has 1 N–H and O–H groups in total. The normalized spacial score (nSPS) is 23.0. The summed E-state index contributed by atoms with van der Waals surface area (Å²) in [4.78, 5) is 6.93. The van der Waals surface area contributed by atoms with Crippen LogP contribution in [0.15, 0.2) is 30.6 Å². The van der Waals surface area contributed by atoms with Gasteiger partial charge in [-0.25, -0.2) is 4.98 Å². The molecule has 1 aromatic heterocycles. The molecule has 1 aromatic carbocycles. The Kier molecular flexibility index (Phi) is 4.28. The van der Waals surface area contributed by atoms with Crippen LogP contribution in [0.1, 0.15) is 36.6 Å². The number of nitrogens with one attached hydrogen (secondary N) is 1. The number of hydrogen-bond donors (Lipinski definition) is 1. The zero-order chi connectivity index (χ0) is 15.5. The van der Waals surface area contributed by atoms with Gasteiger partial charge in [0.05, 0.1) is 6.61 Å². The van der Waals surface area contributed by atoms with Crippen LogP contribution in [0.25, 0.3) is 0 Å². The first-order valence-electron chi connectivity index (χ1n) is 8.67. The number of likely N-dealkylation sites (tertiary alicyclic amines) is 1. The van der Waals surface area contributed by atoms with Gasteiger partial charge in [-0.15, -0.1) is 0 Å². The highest BCUT2D eigenvalue weighted by Crippen LogP contribution is 2.29. The number of aromatic nitrogens is 3. The number of ether oxygens (including phenoxy) is 1. The van der Waals surface area contributed by atoms with E-state index in [1.165, 1.54) is 24.9 Å². The Labute approximate surface area is 137 Å². The molecule has 0 spiro atoms. The number of nitrogens with zero attached hydrogens (tertiary/aromatic N) is 3. The molecule has 0 saturated carbocycles. The lowest BCUT2D eigenvalue weighted by atomic mass is 9.92. The first-order chi connectivity index (χ1) is 11.4. The van der Waals surface area contributed by atoms with Crippen molar-refractivity contribution in [3.63, 3.8) is 0 Å². The number of rotatable bonds is 3. The fourth-order valence-corrected chi connectivity index (χ4v) is 3.88. The van der Waals surface area contributed by atoms with E-state index in [-0.39, 0.29) is 0 Å². The van der Waals surface area contributed by atoms with Crippen molar-refractivity contribution in [2.75, 3.05) is 26.2 Å². The summed E-state index contributed by atoms with van der Waals surface area (Å²) >= 11 is 0. The molecule has 1 saturated heterocycles. The molecule has 1 atom stereocenters. The zero-order valence-electron chi connectivity index (χ0n) is 13.4. The minimum absolute atomic E-state index is 0.548. The van der Waals surface area contributed by atoms with Gasteiger partial charge in [0.15, 0.2) is 0 Å². The van der Waals surface area contributed by atoms with Gasteiger partial charge >= 0.3 is 0 Å². The van der Waals surface area contributed by atoms with E-state index in [2.05, 4.69) is 44.3 Å². The minimum atomic E-state index is 0.548. The smallest absolute Gasteiger partial charge is 0.137 e. The number of para-hydroxylation sites is 1. The number of fused-ring (bicyclic) bond motifs is 1. The SMILES string of the molecule is c1ccc2c(c1)C[C@H](CN1CCC(c3ncn[nH]3)CC1)CCO2. The van der Waals surface area contributed by atoms with Crippen molar-refractivity contribution in [3.05, 3.63) is 42.0 Å². The van der Waals surface area contributed by atoms with Gasteiger partial charge in [-0.2, -0.15) is 5.10 Å². The third kappa shape index (κ3) is 3.39. The van der Waals surface area contributed by atoms with Crippen molar-refractivity contribution in [1.29, 1.82) is 0 Å². The topological polar surface area (TPSA) is 54.0 Å². The molecule has 2 aromatic rings. The lowest BCUT2D eigenvalue weighted by molar-refractivity contribution is 0.170. The van der Waals surface area contributed by atoms with E-state index in [9.17, 15) is 0 Å². The first kappa shape index (κ1) is 14.7. The quantitative estimate of drug-likeness (QED) is 0.946. The predicted octanol–water partition coefficient (Wildman–Crippen LogP) is 2.63. The summed E-state index contributed by atoms with van der Waals surface area (Å²) < 4.78 is 5.90. The maximum atomic E-state index is 5.90. The van der Waals surface area contributed by atoms with Crippen LogP contribution in [-0.2, 0) is 6.42 Å². The molecular weight excluding hydrogens is 288 g/mol. The molecular formula is C18H24N4O. The van der Waals surface area contributed by atoms with Gasteiger partial charge in [-0.1, -0.05) is 18.2 Å². The highest BCUT2D eigenvalue weighted by atomic mass is 16.5.